The maximum absolute atomic E-state index is 10.8. The normalized spacial score (nSPS) is 50.3. The van der Waals surface area contributed by atoms with Crippen molar-refractivity contribution in [3.05, 3.63) is 23.3 Å². The predicted octanol–water partition coefficient (Wildman–Crippen LogP) is 8.09. The molecule has 4 fully saturated rings. The molecule has 5 rings (SSSR count). The summed E-state index contributed by atoms with van der Waals surface area (Å²) in [5.41, 5.74) is 5.30. The summed E-state index contributed by atoms with van der Waals surface area (Å²) in [6.07, 6.45) is 18.3. The Hall–Kier alpha value is -0.560. The lowest BCUT2D eigenvalue weighted by molar-refractivity contribution is -0.0905. The number of allylic oxidation sites excluding steroid dienone is 4. The van der Waals surface area contributed by atoms with E-state index in [1.54, 1.807) is 0 Å². The Bertz CT molecular complexity index is 814. The summed E-state index contributed by atoms with van der Waals surface area (Å²) in [4.78, 5) is 0. The van der Waals surface area contributed by atoms with Crippen LogP contribution in [0.1, 0.15) is 113 Å². The lowest BCUT2D eigenvalue weighted by Gasteiger charge is -2.60. The smallest absolute Gasteiger partial charge is 0.0594 e. The molecule has 0 aliphatic heterocycles. The fourth-order valence-corrected chi connectivity index (χ4v) is 10.3. The van der Waals surface area contributed by atoms with Crippen LogP contribution in [0.2, 0.25) is 0 Å². The molecule has 0 amide bonds. The molecule has 0 heterocycles. The van der Waals surface area contributed by atoms with Crippen molar-refractivity contribution in [2.24, 2.45) is 44.8 Å². The molecule has 0 aromatic heterocycles. The van der Waals surface area contributed by atoms with Crippen molar-refractivity contribution in [2.45, 2.75) is 119 Å². The van der Waals surface area contributed by atoms with Crippen LogP contribution in [0.3, 0.4) is 0 Å². The molecule has 0 aromatic carbocycles. The van der Waals surface area contributed by atoms with Gasteiger partial charge in [-0.3, -0.25) is 0 Å². The minimum absolute atomic E-state index is 0.0725. The molecule has 1 heteroatoms. The first-order chi connectivity index (χ1) is 14.4. The number of hydrogen-bond donors (Lipinski definition) is 1. The highest BCUT2D eigenvalue weighted by atomic mass is 16.3. The lowest BCUT2D eigenvalue weighted by atomic mass is 9.45. The van der Waals surface area contributed by atoms with Gasteiger partial charge in [0.05, 0.1) is 6.10 Å². The van der Waals surface area contributed by atoms with Gasteiger partial charge in [0, 0.05) is 0 Å². The quantitative estimate of drug-likeness (QED) is 0.452. The monoisotopic (exact) mass is 424 g/mol. The number of aliphatic hydroxyl groups is 1. The number of fused-ring (bicyclic) bond motifs is 2. The predicted molar refractivity (Wildman–Crippen MR) is 131 cm³/mol. The summed E-state index contributed by atoms with van der Waals surface area (Å²) in [5, 5.41) is 10.8. The fraction of sp³-hybridized carbons (Fsp3) is 0.867. The van der Waals surface area contributed by atoms with Gasteiger partial charge in [0.25, 0.3) is 0 Å². The Balaban J connectivity index is 1.45. The zero-order chi connectivity index (χ0) is 22.4. The van der Waals surface area contributed by atoms with E-state index >= 15 is 0 Å². The average molecular weight is 425 g/mol. The highest BCUT2D eigenvalue weighted by molar-refractivity contribution is 5.45. The van der Waals surface area contributed by atoms with E-state index in [1.807, 2.05) is 5.57 Å². The molecule has 1 N–H and O–H groups in total. The zero-order valence-electron chi connectivity index (χ0n) is 21.5. The molecule has 5 aliphatic rings. The zero-order valence-corrected chi connectivity index (χ0v) is 21.5. The van der Waals surface area contributed by atoms with Gasteiger partial charge in [-0.25, -0.2) is 0 Å². The molecule has 0 bridgehead atoms. The van der Waals surface area contributed by atoms with Gasteiger partial charge in [-0.05, 0) is 123 Å². The Labute approximate surface area is 192 Å². The highest BCUT2D eigenvalue weighted by Crippen LogP contribution is 2.87. The van der Waals surface area contributed by atoms with Crippen LogP contribution in [0.5, 0.6) is 0 Å². The minimum atomic E-state index is -0.113. The number of aliphatic hydroxyl groups excluding tert-OH is 1. The molecule has 31 heavy (non-hydrogen) atoms. The van der Waals surface area contributed by atoms with Gasteiger partial charge in [0.1, 0.15) is 0 Å². The molecule has 5 aliphatic carbocycles. The van der Waals surface area contributed by atoms with Crippen molar-refractivity contribution in [2.75, 3.05) is 0 Å². The fourth-order valence-electron chi connectivity index (χ4n) is 10.3. The van der Waals surface area contributed by atoms with E-state index in [2.05, 4.69) is 60.6 Å². The summed E-state index contributed by atoms with van der Waals surface area (Å²) >= 11 is 0. The first kappa shape index (κ1) is 22.2. The second-order valence-corrected chi connectivity index (χ2v) is 13.9. The minimum Gasteiger partial charge on any atom is -0.393 e. The molecule has 0 unspecified atom stereocenters. The van der Waals surface area contributed by atoms with Crippen LogP contribution in [0, 0.1) is 44.8 Å². The third-order valence-corrected chi connectivity index (χ3v) is 12.4. The third kappa shape index (κ3) is 2.65. The Morgan fingerprint density at radius 2 is 1.84 bits per heavy atom. The molecule has 0 radical (unpaired) electrons. The molecule has 174 valence electrons. The highest BCUT2D eigenvalue weighted by Gasteiger charge is 2.80. The van der Waals surface area contributed by atoms with E-state index in [-0.39, 0.29) is 11.5 Å². The van der Waals surface area contributed by atoms with E-state index in [1.165, 1.54) is 63.4 Å². The van der Waals surface area contributed by atoms with Crippen molar-refractivity contribution < 1.29 is 5.11 Å². The lowest BCUT2D eigenvalue weighted by Crippen LogP contribution is -2.53. The Morgan fingerprint density at radius 1 is 1.10 bits per heavy atom. The van der Waals surface area contributed by atoms with Gasteiger partial charge in [0.2, 0.25) is 0 Å². The van der Waals surface area contributed by atoms with Crippen molar-refractivity contribution in [3.8, 4) is 0 Å². The van der Waals surface area contributed by atoms with Crippen molar-refractivity contribution in [1.82, 2.24) is 0 Å². The van der Waals surface area contributed by atoms with Gasteiger partial charge in [-0.2, -0.15) is 0 Å². The first-order valence-electron chi connectivity index (χ1n) is 13.5. The topological polar surface area (TPSA) is 20.2 Å². The second kappa shape index (κ2) is 6.74. The molecule has 0 aromatic rings. The summed E-state index contributed by atoms with van der Waals surface area (Å²) < 4.78 is 0. The van der Waals surface area contributed by atoms with Crippen LogP contribution >= 0.6 is 0 Å². The van der Waals surface area contributed by atoms with Crippen LogP contribution in [-0.2, 0) is 0 Å². The van der Waals surface area contributed by atoms with E-state index < -0.39 is 0 Å². The van der Waals surface area contributed by atoms with Crippen LogP contribution in [0.4, 0.5) is 0 Å². The van der Waals surface area contributed by atoms with Gasteiger partial charge >= 0.3 is 0 Å². The Kier molecular flexibility index (Phi) is 4.84. The molecule has 0 saturated heterocycles. The van der Waals surface area contributed by atoms with E-state index in [0.29, 0.717) is 27.6 Å². The maximum atomic E-state index is 10.8. The van der Waals surface area contributed by atoms with Crippen molar-refractivity contribution in [1.29, 1.82) is 0 Å². The van der Waals surface area contributed by atoms with Gasteiger partial charge in [-0.15, -0.1) is 0 Å². The Morgan fingerprint density at radius 3 is 2.55 bits per heavy atom. The van der Waals surface area contributed by atoms with E-state index in [4.69, 9.17) is 0 Å². The van der Waals surface area contributed by atoms with Gasteiger partial charge < -0.3 is 5.11 Å². The van der Waals surface area contributed by atoms with E-state index in [9.17, 15) is 5.11 Å². The third-order valence-electron chi connectivity index (χ3n) is 12.4. The summed E-state index contributed by atoms with van der Waals surface area (Å²) in [7, 11) is 0. The molecule has 4 saturated carbocycles. The summed E-state index contributed by atoms with van der Waals surface area (Å²) in [5.74, 6) is 2.38. The largest absolute Gasteiger partial charge is 0.393 e. The maximum Gasteiger partial charge on any atom is 0.0594 e. The van der Waals surface area contributed by atoms with Crippen molar-refractivity contribution in [3.63, 3.8) is 0 Å². The van der Waals surface area contributed by atoms with Crippen LogP contribution in [-0.4, -0.2) is 11.2 Å². The first-order valence-corrected chi connectivity index (χ1v) is 13.5. The molecular formula is C30H48O. The van der Waals surface area contributed by atoms with Gasteiger partial charge in [0.15, 0.2) is 0 Å². The van der Waals surface area contributed by atoms with Crippen LogP contribution in [0.25, 0.3) is 0 Å². The number of rotatable bonds is 4. The van der Waals surface area contributed by atoms with Crippen LogP contribution in [0.15, 0.2) is 23.3 Å². The standard InChI is InChI=1S/C30H48O/c1-20(2)9-8-10-21(3)22-13-15-28(7)24-12-11-23-26(4,5)25(31)14-16-29(23)19-30(24,29)18-17-27(22,28)6/h9,12,21-23,25,31H,8,10-11,13-19H2,1-7H3/t21-,22+,23-,25-,27+,28-,29+,30-/m0/s1. The SMILES string of the molecule is CC(C)=CCC[C@H](C)[C@H]1CC[C@@]2(C)C3=CC[C@H]4C(C)(C)[C@@H](O)CC[C@@]45C[C@@]35CC[C@]12C. The van der Waals surface area contributed by atoms with Gasteiger partial charge in [-0.1, -0.05) is 57.9 Å². The number of hydrogen-bond acceptors (Lipinski definition) is 1. The summed E-state index contributed by atoms with van der Waals surface area (Å²) in [6.45, 7) is 17.1. The molecule has 2 spiro atoms. The average Bonchev–Trinajstić information content (AvgIpc) is 3.27. The van der Waals surface area contributed by atoms with Crippen LogP contribution < -0.4 is 0 Å². The second-order valence-electron chi connectivity index (χ2n) is 13.9. The molecule has 1 nitrogen and oxygen atoms in total. The molecular weight excluding hydrogens is 376 g/mol. The molecule has 8 atom stereocenters. The summed E-state index contributed by atoms with van der Waals surface area (Å²) in [6, 6.07) is 0. The van der Waals surface area contributed by atoms with E-state index in [0.717, 1.165) is 18.3 Å². The van der Waals surface area contributed by atoms with Crippen molar-refractivity contribution >= 4 is 0 Å².